The van der Waals surface area contributed by atoms with Crippen molar-refractivity contribution in [2.75, 3.05) is 32.5 Å². The van der Waals surface area contributed by atoms with Crippen molar-refractivity contribution in [2.45, 2.75) is 13.3 Å². The number of aryl methyl sites for hydroxylation is 1. The molecule has 2 rings (SSSR count). The maximum absolute atomic E-state index is 12.3. The molecule has 1 aromatic heterocycles. The summed E-state index contributed by atoms with van der Waals surface area (Å²) in [7, 11) is 4.02. The Hall–Kier alpha value is -1.99. The van der Waals surface area contributed by atoms with E-state index in [0.29, 0.717) is 23.9 Å². The van der Waals surface area contributed by atoms with Gasteiger partial charge in [0, 0.05) is 17.1 Å². The van der Waals surface area contributed by atoms with E-state index in [0.717, 1.165) is 23.1 Å². The van der Waals surface area contributed by atoms with E-state index in [1.54, 1.807) is 13.0 Å². The van der Waals surface area contributed by atoms with Crippen LogP contribution in [0, 0.1) is 6.92 Å². The summed E-state index contributed by atoms with van der Waals surface area (Å²) in [6.45, 7) is 3.32. The van der Waals surface area contributed by atoms with Gasteiger partial charge in [-0.1, -0.05) is 12.1 Å². The van der Waals surface area contributed by atoms with Crippen molar-refractivity contribution >= 4 is 33.3 Å². The summed E-state index contributed by atoms with van der Waals surface area (Å²) in [6.07, 6.45) is 0.894. The molecule has 0 aliphatic rings. The monoisotopic (exact) mass is 391 g/mol. The number of carbonyl (C=O) groups excluding carboxylic acids is 1. The van der Waals surface area contributed by atoms with Crippen LogP contribution in [0.3, 0.4) is 0 Å². The van der Waals surface area contributed by atoms with Gasteiger partial charge in [0.05, 0.1) is 5.69 Å². The van der Waals surface area contributed by atoms with Crippen molar-refractivity contribution in [3.63, 3.8) is 0 Å². The highest BCUT2D eigenvalue weighted by Gasteiger charge is 2.11. The van der Waals surface area contributed by atoms with E-state index >= 15 is 0 Å². The predicted molar refractivity (Wildman–Crippen MR) is 99.7 cm³/mol. The standard InChI is InChI=1S/C17H22BrN5O/c1-12-20-15(17(24)19-9-6-10-23(2)3)11-16(21-12)22-14-8-5-4-7-13(14)18/h4-5,7-8,11H,6,9-10H2,1-3H3,(H,19,24)(H,20,21,22). The summed E-state index contributed by atoms with van der Waals surface area (Å²) in [6, 6.07) is 9.40. The lowest BCUT2D eigenvalue weighted by atomic mass is 10.3. The number of hydrogen-bond donors (Lipinski definition) is 2. The van der Waals surface area contributed by atoms with Crippen molar-refractivity contribution in [1.29, 1.82) is 0 Å². The van der Waals surface area contributed by atoms with Crippen LogP contribution in [0.2, 0.25) is 0 Å². The first kappa shape index (κ1) is 18.4. The SMILES string of the molecule is Cc1nc(Nc2ccccc2Br)cc(C(=O)NCCCN(C)C)n1. The lowest BCUT2D eigenvalue weighted by Gasteiger charge is -2.11. The molecular weight excluding hydrogens is 370 g/mol. The number of anilines is 2. The smallest absolute Gasteiger partial charge is 0.270 e. The maximum atomic E-state index is 12.3. The summed E-state index contributed by atoms with van der Waals surface area (Å²) < 4.78 is 0.927. The second kappa shape index (κ2) is 8.75. The number of halogens is 1. The van der Waals surface area contributed by atoms with E-state index in [1.165, 1.54) is 0 Å². The third-order valence-corrected chi connectivity index (χ3v) is 3.97. The first-order chi connectivity index (χ1) is 11.5. The molecule has 1 amide bonds. The fourth-order valence-corrected chi connectivity index (χ4v) is 2.52. The molecule has 0 bridgehead atoms. The van der Waals surface area contributed by atoms with Gasteiger partial charge in [0.1, 0.15) is 17.3 Å². The molecule has 128 valence electrons. The van der Waals surface area contributed by atoms with Gasteiger partial charge in [-0.3, -0.25) is 4.79 Å². The van der Waals surface area contributed by atoms with Gasteiger partial charge < -0.3 is 15.5 Å². The number of amides is 1. The molecule has 1 aromatic carbocycles. The van der Waals surface area contributed by atoms with E-state index in [1.807, 2.05) is 38.4 Å². The van der Waals surface area contributed by atoms with Crippen LogP contribution < -0.4 is 10.6 Å². The van der Waals surface area contributed by atoms with E-state index < -0.39 is 0 Å². The summed E-state index contributed by atoms with van der Waals surface area (Å²) >= 11 is 3.48. The van der Waals surface area contributed by atoms with E-state index in [4.69, 9.17) is 0 Å². The number of benzene rings is 1. The number of para-hydroxylation sites is 1. The Balaban J connectivity index is 2.05. The van der Waals surface area contributed by atoms with E-state index in [2.05, 4.69) is 41.4 Å². The highest BCUT2D eigenvalue weighted by molar-refractivity contribution is 9.10. The van der Waals surface area contributed by atoms with Crippen LogP contribution in [0.1, 0.15) is 22.7 Å². The molecule has 0 saturated carbocycles. The molecule has 0 unspecified atom stereocenters. The average molecular weight is 392 g/mol. The molecule has 6 nitrogen and oxygen atoms in total. The van der Waals surface area contributed by atoms with Crippen molar-refractivity contribution in [3.05, 3.63) is 46.3 Å². The molecule has 2 aromatic rings. The Labute approximate surface area is 150 Å². The minimum absolute atomic E-state index is 0.186. The van der Waals surface area contributed by atoms with Crippen molar-refractivity contribution in [2.24, 2.45) is 0 Å². The quantitative estimate of drug-likeness (QED) is 0.709. The van der Waals surface area contributed by atoms with Gasteiger partial charge >= 0.3 is 0 Å². The summed E-state index contributed by atoms with van der Waals surface area (Å²) in [4.78, 5) is 22.9. The van der Waals surface area contributed by atoms with E-state index in [-0.39, 0.29) is 5.91 Å². The Morgan fingerprint density at radius 2 is 2.00 bits per heavy atom. The molecular formula is C17H22BrN5O. The van der Waals surface area contributed by atoms with Crippen molar-refractivity contribution < 1.29 is 4.79 Å². The molecule has 7 heteroatoms. The number of nitrogens with zero attached hydrogens (tertiary/aromatic N) is 3. The zero-order valence-electron chi connectivity index (χ0n) is 14.1. The number of hydrogen-bond acceptors (Lipinski definition) is 5. The van der Waals surface area contributed by atoms with Crippen LogP contribution >= 0.6 is 15.9 Å². The van der Waals surface area contributed by atoms with Crippen LogP contribution in [-0.4, -0.2) is 48.0 Å². The van der Waals surface area contributed by atoms with Gasteiger partial charge in [-0.05, 0) is 62.0 Å². The molecule has 0 fully saturated rings. The maximum Gasteiger partial charge on any atom is 0.270 e. The third-order valence-electron chi connectivity index (χ3n) is 3.27. The molecule has 1 heterocycles. The van der Waals surface area contributed by atoms with E-state index in [9.17, 15) is 4.79 Å². The predicted octanol–water partition coefficient (Wildman–Crippen LogP) is 2.97. The van der Waals surface area contributed by atoms with Crippen LogP contribution in [0.25, 0.3) is 0 Å². The average Bonchev–Trinajstić information content (AvgIpc) is 2.53. The third kappa shape index (κ3) is 5.58. The molecule has 0 aliphatic carbocycles. The highest BCUT2D eigenvalue weighted by Crippen LogP contribution is 2.24. The Morgan fingerprint density at radius 3 is 2.71 bits per heavy atom. The Morgan fingerprint density at radius 1 is 1.25 bits per heavy atom. The molecule has 2 N–H and O–H groups in total. The summed E-state index contributed by atoms with van der Waals surface area (Å²) in [5.74, 6) is 0.952. The van der Waals surface area contributed by atoms with Gasteiger partial charge in [0.2, 0.25) is 0 Å². The highest BCUT2D eigenvalue weighted by atomic mass is 79.9. The minimum Gasteiger partial charge on any atom is -0.351 e. The zero-order valence-corrected chi connectivity index (χ0v) is 15.7. The van der Waals surface area contributed by atoms with Gasteiger partial charge in [-0.2, -0.15) is 0 Å². The molecule has 0 saturated heterocycles. The van der Waals surface area contributed by atoms with Crippen LogP contribution in [-0.2, 0) is 0 Å². The normalized spacial score (nSPS) is 10.7. The number of nitrogens with one attached hydrogen (secondary N) is 2. The molecule has 0 radical (unpaired) electrons. The number of carbonyl (C=O) groups is 1. The number of aromatic nitrogens is 2. The first-order valence-corrected chi connectivity index (χ1v) is 8.55. The Kier molecular flexibility index (Phi) is 6.69. The minimum atomic E-state index is -0.186. The number of rotatable bonds is 7. The fourth-order valence-electron chi connectivity index (χ4n) is 2.14. The lowest BCUT2D eigenvalue weighted by Crippen LogP contribution is -2.28. The second-order valence-corrected chi connectivity index (χ2v) is 6.56. The van der Waals surface area contributed by atoms with Crippen molar-refractivity contribution in [1.82, 2.24) is 20.2 Å². The molecule has 0 atom stereocenters. The van der Waals surface area contributed by atoms with Gasteiger partial charge in [0.15, 0.2) is 0 Å². The van der Waals surface area contributed by atoms with Crippen LogP contribution in [0.4, 0.5) is 11.5 Å². The summed E-state index contributed by atoms with van der Waals surface area (Å²) in [5.41, 5.74) is 1.25. The van der Waals surface area contributed by atoms with Crippen LogP contribution in [0.15, 0.2) is 34.8 Å². The van der Waals surface area contributed by atoms with Gasteiger partial charge in [-0.25, -0.2) is 9.97 Å². The van der Waals surface area contributed by atoms with Gasteiger partial charge in [0.25, 0.3) is 5.91 Å². The Bertz CT molecular complexity index is 705. The molecule has 0 aliphatic heterocycles. The second-order valence-electron chi connectivity index (χ2n) is 5.70. The summed E-state index contributed by atoms with van der Waals surface area (Å²) in [5, 5.41) is 6.10. The molecule has 0 spiro atoms. The topological polar surface area (TPSA) is 70.2 Å². The zero-order chi connectivity index (χ0) is 17.5. The largest absolute Gasteiger partial charge is 0.351 e. The fraction of sp³-hybridized carbons (Fsp3) is 0.353. The van der Waals surface area contributed by atoms with Gasteiger partial charge in [-0.15, -0.1) is 0 Å². The molecule has 24 heavy (non-hydrogen) atoms. The van der Waals surface area contributed by atoms with Crippen molar-refractivity contribution in [3.8, 4) is 0 Å². The first-order valence-electron chi connectivity index (χ1n) is 7.76. The van der Waals surface area contributed by atoms with Crippen LogP contribution in [0.5, 0.6) is 0 Å². The lowest BCUT2D eigenvalue weighted by molar-refractivity contribution is 0.0947.